The predicted molar refractivity (Wildman–Crippen MR) is 71.8 cm³/mol. The fraction of sp³-hybridized carbons (Fsp3) is 0.600. The summed E-state index contributed by atoms with van der Waals surface area (Å²) in [6.07, 6.45) is 4.88. The molecule has 0 aliphatic carbocycles. The Labute approximate surface area is 100 Å². The van der Waals surface area contributed by atoms with Gasteiger partial charge in [-0.2, -0.15) is 0 Å². The molecule has 1 aromatic carbocycles. The lowest BCUT2D eigenvalue weighted by atomic mass is 10.00. The van der Waals surface area contributed by atoms with E-state index in [9.17, 15) is 0 Å². The van der Waals surface area contributed by atoms with Crippen molar-refractivity contribution < 1.29 is 0 Å². The summed E-state index contributed by atoms with van der Waals surface area (Å²) in [4.78, 5) is 2.24. The highest BCUT2D eigenvalue weighted by molar-refractivity contribution is 5.30. The summed E-state index contributed by atoms with van der Waals surface area (Å²) < 4.78 is 0. The summed E-state index contributed by atoms with van der Waals surface area (Å²) in [5.41, 5.74) is 4.47. The monoisotopic (exact) mass is 219 g/mol. The van der Waals surface area contributed by atoms with Gasteiger partial charge in [0.25, 0.3) is 0 Å². The van der Waals surface area contributed by atoms with Crippen molar-refractivity contribution in [3.05, 3.63) is 34.9 Å². The van der Waals surface area contributed by atoms with Crippen molar-refractivity contribution in [1.82, 2.24) is 4.90 Å². The van der Waals surface area contributed by atoms with E-state index in [2.05, 4.69) is 51.0 Å². The van der Waals surface area contributed by atoms with Crippen molar-refractivity contribution in [1.29, 1.82) is 0 Å². The molecule has 0 unspecified atom stereocenters. The van der Waals surface area contributed by atoms with E-state index < -0.39 is 0 Å². The van der Waals surface area contributed by atoms with Gasteiger partial charge in [-0.3, -0.25) is 0 Å². The second kappa shape index (κ2) is 6.70. The molecule has 0 N–H and O–H groups in total. The van der Waals surface area contributed by atoms with Gasteiger partial charge in [-0.1, -0.05) is 44.9 Å². The van der Waals surface area contributed by atoms with Gasteiger partial charge in [-0.05, 0) is 43.6 Å². The van der Waals surface area contributed by atoms with Crippen molar-refractivity contribution in [3.8, 4) is 0 Å². The Morgan fingerprint density at radius 1 is 0.812 bits per heavy atom. The summed E-state index contributed by atoms with van der Waals surface area (Å²) in [5.74, 6) is 0. The molecule has 1 nitrogen and oxygen atoms in total. The fourth-order valence-corrected chi connectivity index (χ4v) is 2.16. The Morgan fingerprint density at radius 2 is 1.25 bits per heavy atom. The highest BCUT2D eigenvalue weighted by Crippen LogP contribution is 2.15. The van der Waals surface area contributed by atoms with Crippen LogP contribution in [0.1, 0.15) is 43.4 Å². The van der Waals surface area contributed by atoms with Crippen molar-refractivity contribution in [3.63, 3.8) is 0 Å². The molecule has 0 saturated carbocycles. The minimum atomic E-state index is 1.05. The predicted octanol–water partition coefficient (Wildman–Crippen LogP) is 3.65. The molecule has 1 rings (SSSR count). The SMILES string of the molecule is CCCc1cc(CCC)cc(CN(C)C)c1. The fourth-order valence-electron chi connectivity index (χ4n) is 2.16. The van der Waals surface area contributed by atoms with Crippen LogP contribution in [0.5, 0.6) is 0 Å². The molecule has 0 spiro atoms. The van der Waals surface area contributed by atoms with E-state index >= 15 is 0 Å². The van der Waals surface area contributed by atoms with Gasteiger partial charge in [-0.15, -0.1) is 0 Å². The van der Waals surface area contributed by atoms with Crippen LogP contribution in [-0.2, 0) is 19.4 Å². The van der Waals surface area contributed by atoms with Crippen LogP contribution in [0.25, 0.3) is 0 Å². The molecule has 1 aromatic rings. The summed E-state index contributed by atoms with van der Waals surface area (Å²) in [7, 11) is 4.26. The first kappa shape index (κ1) is 13.2. The second-order valence-electron chi connectivity index (χ2n) is 4.90. The van der Waals surface area contributed by atoms with Gasteiger partial charge >= 0.3 is 0 Å². The summed E-state index contributed by atoms with van der Waals surface area (Å²) in [6.45, 7) is 5.55. The lowest BCUT2D eigenvalue weighted by molar-refractivity contribution is 0.402. The van der Waals surface area contributed by atoms with Gasteiger partial charge in [0.05, 0.1) is 0 Å². The van der Waals surface area contributed by atoms with Gasteiger partial charge < -0.3 is 4.90 Å². The molecule has 0 amide bonds. The van der Waals surface area contributed by atoms with Crippen molar-refractivity contribution in [2.45, 2.75) is 46.1 Å². The Morgan fingerprint density at radius 3 is 1.62 bits per heavy atom. The van der Waals surface area contributed by atoms with E-state index in [4.69, 9.17) is 0 Å². The molecule has 0 fully saturated rings. The van der Waals surface area contributed by atoms with Crippen LogP contribution < -0.4 is 0 Å². The normalized spacial score (nSPS) is 11.1. The highest BCUT2D eigenvalue weighted by atomic mass is 15.0. The Bertz CT molecular complexity index is 291. The number of rotatable bonds is 6. The topological polar surface area (TPSA) is 3.24 Å². The van der Waals surface area contributed by atoms with E-state index in [-0.39, 0.29) is 0 Å². The quantitative estimate of drug-likeness (QED) is 0.706. The molecule has 0 saturated heterocycles. The van der Waals surface area contributed by atoms with Crippen LogP contribution in [0, 0.1) is 0 Å². The number of hydrogen-bond acceptors (Lipinski definition) is 1. The van der Waals surface area contributed by atoms with Crippen LogP contribution >= 0.6 is 0 Å². The minimum Gasteiger partial charge on any atom is -0.305 e. The van der Waals surface area contributed by atoms with Crippen molar-refractivity contribution in [2.75, 3.05) is 14.1 Å². The number of nitrogens with zero attached hydrogens (tertiary/aromatic N) is 1. The van der Waals surface area contributed by atoms with E-state index in [0.717, 1.165) is 6.54 Å². The molecule has 0 aliphatic heterocycles. The Hall–Kier alpha value is -0.820. The molecule has 0 radical (unpaired) electrons. The first-order valence-electron chi connectivity index (χ1n) is 6.42. The van der Waals surface area contributed by atoms with Gasteiger partial charge in [0.2, 0.25) is 0 Å². The van der Waals surface area contributed by atoms with Crippen LogP contribution in [0.15, 0.2) is 18.2 Å². The van der Waals surface area contributed by atoms with Crippen LogP contribution in [0.4, 0.5) is 0 Å². The maximum absolute atomic E-state index is 2.38. The van der Waals surface area contributed by atoms with Gasteiger partial charge in [-0.25, -0.2) is 0 Å². The maximum Gasteiger partial charge on any atom is 0.0227 e. The molecule has 90 valence electrons. The highest BCUT2D eigenvalue weighted by Gasteiger charge is 2.02. The third-order valence-electron chi connectivity index (χ3n) is 2.69. The lowest BCUT2D eigenvalue weighted by Crippen LogP contribution is -2.11. The van der Waals surface area contributed by atoms with Crippen LogP contribution in [-0.4, -0.2) is 19.0 Å². The molecule has 16 heavy (non-hydrogen) atoms. The first-order chi connectivity index (χ1) is 7.65. The van der Waals surface area contributed by atoms with E-state index in [1.54, 1.807) is 0 Å². The Balaban J connectivity index is 2.88. The molecular weight excluding hydrogens is 194 g/mol. The molecule has 1 heteroatoms. The summed E-state index contributed by atoms with van der Waals surface area (Å²) >= 11 is 0. The van der Waals surface area contributed by atoms with E-state index in [1.165, 1.54) is 42.4 Å². The van der Waals surface area contributed by atoms with Gasteiger partial charge in [0.1, 0.15) is 0 Å². The third kappa shape index (κ3) is 4.36. The number of hydrogen-bond donors (Lipinski definition) is 0. The summed E-state index contributed by atoms with van der Waals surface area (Å²) in [5, 5.41) is 0. The standard InChI is InChI=1S/C15H25N/c1-5-7-13-9-14(8-6-2)11-15(10-13)12-16(3)4/h9-11H,5-8,12H2,1-4H3. The van der Waals surface area contributed by atoms with E-state index in [0.29, 0.717) is 0 Å². The molecule has 0 aromatic heterocycles. The molecule has 0 heterocycles. The molecule has 0 atom stereocenters. The van der Waals surface area contributed by atoms with Crippen molar-refractivity contribution >= 4 is 0 Å². The summed E-state index contributed by atoms with van der Waals surface area (Å²) in [6, 6.07) is 7.11. The molecular formula is C15H25N. The van der Waals surface area contributed by atoms with E-state index in [1.807, 2.05) is 0 Å². The van der Waals surface area contributed by atoms with Gasteiger partial charge in [0.15, 0.2) is 0 Å². The minimum absolute atomic E-state index is 1.05. The number of benzene rings is 1. The Kier molecular flexibility index (Phi) is 5.54. The smallest absolute Gasteiger partial charge is 0.0227 e. The van der Waals surface area contributed by atoms with Gasteiger partial charge in [0, 0.05) is 6.54 Å². The first-order valence-corrected chi connectivity index (χ1v) is 6.42. The largest absolute Gasteiger partial charge is 0.305 e. The second-order valence-corrected chi connectivity index (χ2v) is 4.90. The zero-order valence-corrected chi connectivity index (χ0v) is 11.2. The maximum atomic E-state index is 2.38. The third-order valence-corrected chi connectivity index (χ3v) is 2.69. The zero-order chi connectivity index (χ0) is 12.0. The molecule has 0 bridgehead atoms. The average Bonchev–Trinajstić information content (AvgIpc) is 2.17. The van der Waals surface area contributed by atoms with Crippen LogP contribution in [0.2, 0.25) is 0 Å². The average molecular weight is 219 g/mol. The zero-order valence-electron chi connectivity index (χ0n) is 11.2. The molecule has 0 aliphatic rings. The van der Waals surface area contributed by atoms with Crippen molar-refractivity contribution in [2.24, 2.45) is 0 Å². The number of aryl methyl sites for hydroxylation is 2. The lowest BCUT2D eigenvalue weighted by Gasteiger charge is -2.13. The van der Waals surface area contributed by atoms with Crippen LogP contribution in [0.3, 0.4) is 0 Å².